The van der Waals surface area contributed by atoms with Crippen molar-refractivity contribution in [3.8, 4) is 0 Å². The van der Waals surface area contributed by atoms with Crippen molar-refractivity contribution in [2.45, 2.75) is 20.3 Å². The number of nitrogens with one attached hydrogen (secondary N) is 1. The van der Waals surface area contributed by atoms with E-state index >= 15 is 0 Å². The second-order valence-corrected chi connectivity index (χ2v) is 5.93. The lowest BCUT2D eigenvalue weighted by Crippen LogP contribution is -2.24. The second-order valence-electron chi connectivity index (χ2n) is 5.93. The highest BCUT2D eigenvalue weighted by atomic mass is 15.2. The van der Waals surface area contributed by atoms with E-state index in [1.165, 1.54) is 5.56 Å². The summed E-state index contributed by atoms with van der Waals surface area (Å²) >= 11 is 0. The molecule has 2 aromatic rings. The highest BCUT2D eigenvalue weighted by Crippen LogP contribution is 2.23. The van der Waals surface area contributed by atoms with Crippen molar-refractivity contribution in [1.29, 1.82) is 0 Å². The fraction of sp³-hybridized carbons (Fsp3) is 0.438. The quantitative estimate of drug-likeness (QED) is 0.899. The van der Waals surface area contributed by atoms with Crippen LogP contribution in [0.5, 0.6) is 0 Å². The number of nitrogens with zero attached hydrogens (tertiary/aromatic N) is 4. The van der Waals surface area contributed by atoms with Crippen LogP contribution in [0.3, 0.4) is 0 Å². The molecule has 116 valence electrons. The summed E-state index contributed by atoms with van der Waals surface area (Å²) < 4.78 is 0. The van der Waals surface area contributed by atoms with Crippen molar-refractivity contribution in [3.63, 3.8) is 0 Å². The Morgan fingerprint density at radius 3 is 2.95 bits per heavy atom. The molecule has 1 saturated heterocycles. The van der Waals surface area contributed by atoms with Gasteiger partial charge in [-0.1, -0.05) is 0 Å². The first-order chi connectivity index (χ1) is 10.6. The summed E-state index contributed by atoms with van der Waals surface area (Å²) in [6, 6.07) is 6.07. The van der Waals surface area contributed by atoms with Crippen LogP contribution < -0.4 is 16.0 Å². The molecule has 3 heterocycles. The van der Waals surface area contributed by atoms with E-state index in [0.717, 1.165) is 43.4 Å². The third kappa shape index (κ3) is 3.44. The summed E-state index contributed by atoms with van der Waals surface area (Å²) in [6.07, 6.45) is 2.98. The Morgan fingerprint density at radius 2 is 2.18 bits per heavy atom. The molecule has 1 aliphatic heterocycles. The van der Waals surface area contributed by atoms with Crippen molar-refractivity contribution in [2.24, 2.45) is 5.92 Å². The van der Waals surface area contributed by atoms with Gasteiger partial charge < -0.3 is 16.0 Å². The fourth-order valence-corrected chi connectivity index (χ4v) is 2.83. The standard InChI is InChI=1S/C16H22N6/c1-11-3-5-18-14(7-11)19-9-13-4-6-22(10-13)15-8-12(2)20-16(17)21-15/h3,5,7-8,13H,4,6,9-10H2,1-2H3,(H,18,19)(H2,17,20,21)/t13-/m0/s1. The van der Waals surface area contributed by atoms with Crippen LogP contribution in [-0.4, -0.2) is 34.6 Å². The zero-order valence-corrected chi connectivity index (χ0v) is 13.1. The summed E-state index contributed by atoms with van der Waals surface area (Å²) in [7, 11) is 0. The van der Waals surface area contributed by atoms with Gasteiger partial charge in [0, 0.05) is 37.6 Å². The first kappa shape index (κ1) is 14.6. The number of aromatic nitrogens is 3. The van der Waals surface area contributed by atoms with Crippen LogP contribution >= 0.6 is 0 Å². The number of hydrogen-bond donors (Lipinski definition) is 2. The van der Waals surface area contributed by atoms with Crippen molar-refractivity contribution in [3.05, 3.63) is 35.7 Å². The summed E-state index contributed by atoms with van der Waals surface area (Å²) in [5.74, 6) is 2.81. The maximum absolute atomic E-state index is 5.74. The Kier molecular flexibility index (Phi) is 4.09. The van der Waals surface area contributed by atoms with Gasteiger partial charge in [0.05, 0.1) is 0 Å². The third-order valence-electron chi connectivity index (χ3n) is 3.96. The predicted octanol–water partition coefficient (Wildman–Crippen LogP) is 2.01. The number of pyridine rings is 1. The molecule has 3 N–H and O–H groups in total. The van der Waals surface area contributed by atoms with Crippen LogP contribution in [-0.2, 0) is 0 Å². The van der Waals surface area contributed by atoms with E-state index in [-0.39, 0.29) is 0 Å². The molecule has 0 radical (unpaired) electrons. The Hall–Kier alpha value is -2.37. The molecule has 0 aromatic carbocycles. The average molecular weight is 298 g/mol. The number of aryl methyl sites for hydroxylation is 2. The molecule has 6 nitrogen and oxygen atoms in total. The van der Waals surface area contributed by atoms with Gasteiger partial charge in [0.2, 0.25) is 5.95 Å². The maximum Gasteiger partial charge on any atom is 0.222 e. The smallest absolute Gasteiger partial charge is 0.222 e. The average Bonchev–Trinajstić information content (AvgIpc) is 2.93. The molecule has 6 heteroatoms. The molecule has 3 rings (SSSR count). The van der Waals surface area contributed by atoms with Gasteiger partial charge in [0.15, 0.2) is 0 Å². The largest absolute Gasteiger partial charge is 0.370 e. The molecule has 1 fully saturated rings. The molecular weight excluding hydrogens is 276 g/mol. The molecule has 1 aliphatic rings. The molecule has 0 amide bonds. The van der Waals surface area contributed by atoms with Crippen LogP contribution in [0.4, 0.5) is 17.6 Å². The van der Waals surface area contributed by atoms with Gasteiger partial charge in [0.25, 0.3) is 0 Å². The van der Waals surface area contributed by atoms with E-state index in [1.54, 1.807) is 0 Å². The van der Waals surface area contributed by atoms with Gasteiger partial charge in [-0.05, 0) is 43.9 Å². The molecule has 22 heavy (non-hydrogen) atoms. The monoisotopic (exact) mass is 298 g/mol. The van der Waals surface area contributed by atoms with Gasteiger partial charge >= 0.3 is 0 Å². The third-order valence-corrected chi connectivity index (χ3v) is 3.96. The van der Waals surface area contributed by atoms with Crippen molar-refractivity contribution in [1.82, 2.24) is 15.0 Å². The van der Waals surface area contributed by atoms with E-state index in [2.05, 4.69) is 38.2 Å². The molecule has 2 aromatic heterocycles. The SMILES string of the molecule is Cc1ccnc(NC[C@@H]2CCN(c3cc(C)nc(N)n3)C2)c1. The number of hydrogen-bond acceptors (Lipinski definition) is 6. The van der Waals surface area contributed by atoms with Crippen molar-refractivity contribution in [2.75, 3.05) is 35.6 Å². The number of nitrogen functional groups attached to an aromatic ring is 1. The lowest BCUT2D eigenvalue weighted by Gasteiger charge is -2.18. The molecule has 1 atom stereocenters. The van der Waals surface area contributed by atoms with Crippen molar-refractivity contribution >= 4 is 17.6 Å². The Bertz CT molecular complexity index is 637. The molecular formula is C16H22N6. The van der Waals surface area contributed by atoms with Crippen LogP contribution in [0, 0.1) is 19.8 Å². The summed E-state index contributed by atoms with van der Waals surface area (Å²) in [5, 5.41) is 3.43. The first-order valence-electron chi connectivity index (χ1n) is 7.63. The van der Waals surface area contributed by atoms with E-state index < -0.39 is 0 Å². The minimum absolute atomic E-state index is 0.348. The van der Waals surface area contributed by atoms with Crippen LogP contribution in [0.15, 0.2) is 24.4 Å². The van der Waals surface area contributed by atoms with E-state index in [4.69, 9.17) is 5.73 Å². The fourth-order valence-electron chi connectivity index (χ4n) is 2.83. The zero-order valence-electron chi connectivity index (χ0n) is 13.1. The van der Waals surface area contributed by atoms with E-state index in [0.29, 0.717) is 11.9 Å². The highest BCUT2D eigenvalue weighted by Gasteiger charge is 2.23. The topological polar surface area (TPSA) is 80.0 Å². The minimum atomic E-state index is 0.348. The Labute approximate surface area is 130 Å². The normalized spacial score (nSPS) is 17.7. The lowest BCUT2D eigenvalue weighted by atomic mass is 10.1. The van der Waals surface area contributed by atoms with E-state index in [1.807, 2.05) is 25.3 Å². The predicted molar refractivity (Wildman–Crippen MR) is 89.0 cm³/mol. The summed E-state index contributed by atoms with van der Waals surface area (Å²) in [5.41, 5.74) is 7.87. The second kappa shape index (κ2) is 6.17. The maximum atomic E-state index is 5.74. The summed E-state index contributed by atoms with van der Waals surface area (Å²) in [4.78, 5) is 15.1. The number of nitrogens with two attached hydrogens (primary N) is 1. The summed E-state index contributed by atoms with van der Waals surface area (Å²) in [6.45, 7) is 6.93. The van der Waals surface area contributed by atoms with Crippen LogP contribution in [0.1, 0.15) is 17.7 Å². The van der Waals surface area contributed by atoms with Gasteiger partial charge in [-0.25, -0.2) is 9.97 Å². The minimum Gasteiger partial charge on any atom is -0.370 e. The molecule has 0 spiro atoms. The van der Waals surface area contributed by atoms with Gasteiger partial charge in [-0.15, -0.1) is 0 Å². The molecule has 0 aliphatic carbocycles. The van der Waals surface area contributed by atoms with Crippen LogP contribution in [0.25, 0.3) is 0 Å². The first-order valence-corrected chi connectivity index (χ1v) is 7.63. The van der Waals surface area contributed by atoms with E-state index in [9.17, 15) is 0 Å². The Morgan fingerprint density at radius 1 is 1.32 bits per heavy atom. The molecule has 0 bridgehead atoms. The number of rotatable bonds is 4. The van der Waals surface area contributed by atoms with Gasteiger partial charge in [0.1, 0.15) is 11.6 Å². The number of anilines is 3. The van der Waals surface area contributed by atoms with Gasteiger partial charge in [-0.2, -0.15) is 4.98 Å². The molecule has 0 saturated carbocycles. The van der Waals surface area contributed by atoms with Crippen molar-refractivity contribution < 1.29 is 0 Å². The Balaban J connectivity index is 1.58. The highest BCUT2D eigenvalue weighted by molar-refractivity contribution is 5.44. The van der Waals surface area contributed by atoms with Gasteiger partial charge in [-0.3, -0.25) is 0 Å². The zero-order chi connectivity index (χ0) is 15.5. The molecule has 0 unspecified atom stereocenters. The van der Waals surface area contributed by atoms with Crippen LogP contribution in [0.2, 0.25) is 0 Å². The lowest BCUT2D eigenvalue weighted by molar-refractivity contribution is 0.621.